The van der Waals surface area contributed by atoms with E-state index in [9.17, 15) is 9.59 Å². The van der Waals surface area contributed by atoms with E-state index in [0.717, 1.165) is 22.6 Å². The largest absolute Gasteiger partial charge is 0.302 e. The van der Waals surface area contributed by atoms with Gasteiger partial charge in [-0.25, -0.2) is 4.98 Å². The molecule has 0 spiro atoms. The topological polar surface area (TPSA) is 54.7 Å². The highest BCUT2D eigenvalue weighted by atomic mass is 16.2. The lowest BCUT2D eigenvalue weighted by Crippen LogP contribution is -2.51. The fourth-order valence-electron chi connectivity index (χ4n) is 3.55. The standard InChI is InChI=1S/C20H19N3O2/c1-13-16(22-11-7-6-10-17(22)21-13)12-23-18(24)14-8-4-5-9-15(14)20(2,3)19(23)25/h4-11H,12H2,1-3H3. The van der Waals surface area contributed by atoms with Gasteiger partial charge in [0.2, 0.25) is 5.91 Å². The molecule has 25 heavy (non-hydrogen) atoms. The first kappa shape index (κ1) is 15.6. The fraction of sp³-hybridized carbons (Fsp3) is 0.250. The lowest BCUT2D eigenvalue weighted by Gasteiger charge is -2.37. The van der Waals surface area contributed by atoms with Crippen LogP contribution in [0.2, 0.25) is 0 Å². The Kier molecular flexibility index (Phi) is 3.29. The average Bonchev–Trinajstić information content (AvgIpc) is 2.92. The maximum Gasteiger partial charge on any atom is 0.261 e. The van der Waals surface area contributed by atoms with Crippen LogP contribution < -0.4 is 0 Å². The lowest BCUT2D eigenvalue weighted by atomic mass is 9.77. The zero-order valence-corrected chi connectivity index (χ0v) is 14.5. The van der Waals surface area contributed by atoms with Gasteiger partial charge in [0.1, 0.15) is 5.65 Å². The number of amides is 2. The summed E-state index contributed by atoms with van der Waals surface area (Å²) >= 11 is 0. The van der Waals surface area contributed by atoms with E-state index in [1.165, 1.54) is 4.90 Å². The molecular weight excluding hydrogens is 314 g/mol. The van der Waals surface area contributed by atoms with Crippen molar-refractivity contribution in [3.05, 3.63) is 71.2 Å². The van der Waals surface area contributed by atoms with Crippen LogP contribution in [0.15, 0.2) is 48.7 Å². The van der Waals surface area contributed by atoms with Gasteiger partial charge in [-0.15, -0.1) is 0 Å². The molecule has 2 amide bonds. The van der Waals surface area contributed by atoms with Gasteiger partial charge in [0.15, 0.2) is 0 Å². The minimum atomic E-state index is -0.737. The van der Waals surface area contributed by atoms with Crippen LogP contribution in [0.1, 0.15) is 41.2 Å². The smallest absolute Gasteiger partial charge is 0.261 e. The monoisotopic (exact) mass is 333 g/mol. The fourth-order valence-corrected chi connectivity index (χ4v) is 3.55. The summed E-state index contributed by atoms with van der Waals surface area (Å²) in [6.07, 6.45) is 1.91. The third-order valence-electron chi connectivity index (χ3n) is 4.99. The Labute approximate surface area is 145 Å². The number of nitrogens with zero attached hydrogens (tertiary/aromatic N) is 3. The molecule has 0 unspecified atom stereocenters. The van der Waals surface area contributed by atoms with Crippen LogP contribution in [0.4, 0.5) is 0 Å². The van der Waals surface area contributed by atoms with E-state index in [4.69, 9.17) is 0 Å². The second kappa shape index (κ2) is 5.28. The average molecular weight is 333 g/mol. The number of pyridine rings is 1. The molecule has 1 aromatic carbocycles. The van der Waals surface area contributed by atoms with E-state index in [2.05, 4.69) is 4.98 Å². The van der Waals surface area contributed by atoms with Gasteiger partial charge in [-0.2, -0.15) is 0 Å². The second-order valence-corrected chi connectivity index (χ2v) is 6.94. The Morgan fingerprint density at radius 2 is 1.76 bits per heavy atom. The summed E-state index contributed by atoms with van der Waals surface area (Å²) in [6, 6.07) is 13.1. The minimum Gasteiger partial charge on any atom is -0.302 e. The van der Waals surface area contributed by atoms with Crippen LogP contribution in [-0.4, -0.2) is 26.1 Å². The highest BCUT2D eigenvalue weighted by Crippen LogP contribution is 2.35. The number of aromatic nitrogens is 2. The zero-order chi connectivity index (χ0) is 17.8. The molecule has 126 valence electrons. The van der Waals surface area contributed by atoms with Crippen LogP contribution in [0.3, 0.4) is 0 Å². The molecule has 4 rings (SSSR count). The Hall–Kier alpha value is -2.95. The molecule has 0 atom stereocenters. The molecule has 0 N–H and O–H groups in total. The molecule has 0 aliphatic carbocycles. The number of benzene rings is 1. The van der Waals surface area contributed by atoms with Gasteiger partial charge < -0.3 is 4.40 Å². The van der Waals surface area contributed by atoms with Crippen molar-refractivity contribution >= 4 is 17.5 Å². The van der Waals surface area contributed by atoms with Crippen molar-refractivity contribution in [3.8, 4) is 0 Å². The summed E-state index contributed by atoms with van der Waals surface area (Å²) < 4.78 is 1.93. The number of imide groups is 1. The van der Waals surface area contributed by atoms with Gasteiger partial charge in [0.25, 0.3) is 5.91 Å². The van der Waals surface area contributed by atoms with Crippen molar-refractivity contribution in [3.63, 3.8) is 0 Å². The van der Waals surface area contributed by atoms with Gasteiger partial charge in [-0.05, 0) is 44.5 Å². The molecule has 2 aromatic heterocycles. The highest BCUT2D eigenvalue weighted by Gasteiger charge is 2.44. The first-order valence-electron chi connectivity index (χ1n) is 8.29. The third kappa shape index (κ3) is 2.19. The summed E-state index contributed by atoms with van der Waals surface area (Å²) in [5, 5.41) is 0. The molecular formula is C20H19N3O2. The summed E-state index contributed by atoms with van der Waals surface area (Å²) in [6.45, 7) is 5.86. The summed E-state index contributed by atoms with van der Waals surface area (Å²) in [7, 11) is 0. The van der Waals surface area contributed by atoms with Crippen molar-refractivity contribution in [2.24, 2.45) is 0 Å². The van der Waals surface area contributed by atoms with Gasteiger partial charge >= 0.3 is 0 Å². The van der Waals surface area contributed by atoms with E-state index >= 15 is 0 Å². The maximum atomic E-state index is 13.1. The molecule has 5 nitrogen and oxygen atoms in total. The van der Waals surface area contributed by atoms with E-state index in [0.29, 0.717) is 5.56 Å². The molecule has 3 heterocycles. The number of fused-ring (bicyclic) bond motifs is 2. The SMILES string of the molecule is Cc1nc2ccccn2c1CN1C(=O)c2ccccc2C(C)(C)C1=O. The lowest BCUT2D eigenvalue weighted by molar-refractivity contribution is -0.134. The molecule has 5 heteroatoms. The molecule has 0 fully saturated rings. The summed E-state index contributed by atoms with van der Waals surface area (Å²) in [5.41, 5.74) is 3.14. The number of carbonyl (C=O) groups is 2. The number of aryl methyl sites for hydroxylation is 1. The second-order valence-electron chi connectivity index (χ2n) is 6.94. The van der Waals surface area contributed by atoms with Gasteiger partial charge in [-0.1, -0.05) is 24.3 Å². The van der Waals surface area contributed by atoms with E-state index in [1.807, 2.05) is 67.8 Å². The number of hydrogen-bond donors (Lipinski definition) is 0. The van der Waals surface area contributed by atoms with Crippen molar-refractivity contribution in [1.29, 1.82) is 0 Å². The number of imidazole rings is 1. The van der Waals surface area contributed by atoms with Crippen LogP contribution in [0.25, 0.3) is 5.65 Å². The summed E-state index contributed by atoms with van der Waals surface area (Å²) in [5.74, 6) is -0.424. The van der Waals surface area contributed by atoms with Crippen molar-refractivity contribution in [2.75, 3.05) is 0 Å². The number of rotatable bonds is 2. The maximum absolute atomic E-state index is 13.1. The minimum absolute atomic E-state index is 0.179. The normalized spacial score (nSPS) is 16.4. The van der Waals surface area contributed by atoms with Crippen LogP contribution >= 0.6 is 0 Å². The van der Waals surface area contributed by atoms with Gasteiger partial charge in [0.05, 0.1) is 23.3 Å². The molecule has 1 aliphatic heterocycles. The van der Waals surface area contributed by atoms with Crippen molar-refractivity contribution in [1.82, 2.24) is 14.3 Å². The van der Waals surface area contributed by atoms with E-state index in [1.54, 1.807) is 6.07 Å². The highest BCUT2D eigenvalue weighted by molar-refractivity contribution is 6.12. The molecule has 0 bridgehead atoms. The zero-order valence-electron chi connectivity index (χ0n) is 14.5. The predicted molar refractivity (Wildman–Crippen MR) is 94.3 cm³/mol. The predicted octanol–water partition coefficient (Wildman–Crippen LogP) is 3.10. The van der Waals surface area contributed by atoms with Gasteiger partial charge in [0, 0.05) is 11.8 Å². The third-order valence-corrected chi connectivity index (χ3v) is 4.99. The molecule has 0 radical (unpaired) electrons. The van der Waals surface area contributed by atoms with Crippen LogP contribution in [0.5, 0.6) is 0 Å². The van der Waals surface area contributed by atoms with Crippen molar-refractivity contribution in [2.45, 2.75) is 32.7 Å². The molecule has 1 aliphatic rings. The number of carbonyl (C=O) groups excluding carboxylic acids is 2. The molecule has 3 aromatic rings. The molecule has 0 saturated heterocycles. The first-order valence-corrected chi connectivity index (χ1v) is 8.29. The molecule has 0 saturated carbocycles. The Morgan fingerprint density at radius 1 is 1.04 bits per heavy atom. The van der Waals surface area contributed by atoms with E-state index in [-0.39, 0.29) is 18.4 Å². The van der Waals surface area contributed by atoms with E-state index < -0.39 is 5.41 Å². The van der Waals surface area contributed by atoms with Crippen LogP contribution in [-0.2, 0) is 16.8 Å². The Balaban J connectivity index is 1.82. The quantitative estimate of drug-likeness (QED) is 0.677. The Bertz CT molecular complexity index is 1020. The number of hydrogen-bond acceptors (Lipinski definition) is 3. The van der Waals surface area contributed by atoms with Crippen LogP contribution in [0, 0.1) is 6.92 Å². The first-order chi connectivity index (χ1) is 11.9. The van der Waals surface area contributed by atoms with Crippen molar-refractivity contribution < 1.29 is 9.59 Å². The van der Waals surface area contributed by atoms with Gasteiger partial charge in [-0.3, -0.25) is 14.5 Å². The Morgan fingerprint density at radius 3 is 2.56 bits per heavy atom. The summed E-state index contributed by atoms with van der Waals surface area (Å²) in [4.78, 5) is 31.9.